The summed E-state index contributed by atoms with van der Waals surface area (Å²) < 4.78 is 0. The fourth-order valence-electron chi connectivity index (χ4n) is 2.14. The molecule has 0 aromatic rings. The van der Waals surface area contributed by atoms with Crippen LogP contribution in [0.4, 0.5) is 0 Å². The summed E-state index contributed by atoms with van der Waals surface area (Å²) in [6.45, 7) is 7.10. The van der Waals surface area contributed by atoms with Crippen LogP contribution in [-0.4, -0.2) is 0 Å². The molecule has 0 amide bonds. The number of hydrogen-bond donors (Lipinski definition) is 0. The highest BCUT2D eigenvalue weighted by Gasteiger charge is 2.23. The number of hydrogen-bond acceptors (Lipinski definition) is 0. The summed E-state index contributed by atoms with van der Waals surface area (Å²) in [5.74, 6) is 2.82. The van der Waals surface area contributed by atoms with Gasteiger partial charge in [0.1, 0.15) is 0 Å². The zero-order chi connectivity index (χ0) is 7.56. The van der Waals surface area contributed by atoms with Gasteiger partial charge in [0, 0.05) is 0 Å². The molecule has 0 aliphatic heterocycles. The van der Waals surface area contributed by atoms with Crippen LogP contribution in [0.25, 0.3) is 0 Å². The minimum absolute atomic E-state index is 0.892. The molecular weight excluding hydrogens is 120 g/mol. The molecule has 10 heavy (non-hydrogen) atoms. The molecule has 0 heteroatoms. The summed E-state index contributed by atoms with van der Waals surface area (Å²) >= 11 is 0. The molecule has 0 spiro atoms. The first-order chi connectivity index (χ1) is 4.72. The molecule has 2 unspecified atom stereocenters. The highest BCUT2D eigenvalue weighted by molar-refractivity contribution is 4.82. The Hall–Kier alpha value is 0. The summed E-state index contributed by atoms with van der Waals surface area (Å²) in [4.78, 5) is 0. The third-order valence-corrected chi connectivity index (χ3v) is 2.83. The van der Waals surface area contributed by atoms with Crippen LogP contribution in [0.3, 0.4) is 0 Å². The van der Waals surface area contributed by atoms with Crippen molar-refractivity contribution in [3.8, 4) is 0 Å². The van der Waals surface area contributed by atoms with Crippen molar-refractivity contribution in [2.75, 3.05) is 0 Å². The SMILES string of the molecule is CC(C)C1CC[CH]CC1C. The van der Waals surface area contributed by atoms with E-state index in [0.717, 1.165) is 17.8 Å². The van der Waals surface area contributed by atoms with Crippen molar-refractivity contribution < 1.29 is 0 Å². The second-order valence-electron chi connectivity index (χ2n) is 3.99. The minimum atomic E-state index is 0.892. The van der Waals surface area contributed by atoms with Crippen LogP contribution in [0.5, 0.6) is 0 Å². The first kappa shape index (κ1) is 8.10. The van der Waals surface area contributed by atoms with Crippen LogP contribution in [0.1, 0.15) is 40.0 Å². The zero-order valence-electron chi connectivity index (χ0n) is 7.43. The van der Waals surface area contributed by atoms with Gasteiger partial charge in [0.15, 0.2) is 0 Å². The smallest absolute Gasteiger partial charge is 0.0365 e. The molecule has 0 N–H and O–H groups in total. The van der Waals surface area contributed by atoms with Crippen molar-refractivity contribution in [2.24, 2.45) is 17.8 Å². The van der Waals surface area contributed by atoms with Gasteiger partial charge in [-0.2, -0.15) is 0 Å². The molecule has 0 aromatic carbocycles. The third kappa shape index (κ3) is 1.74. The normalized spacial score (nSPS) is 34.8. The Balaban J connectivity index is 2.40. The minimum Gasteiger partial charge on any atom is -0.0625 e. The first-order valence-electron chi connectivity index (χ1n) is 4.53. The fraction of sp³-hybridized carbons (Fsp3) is 0.900. The lowest BCUT2D eigenvalue weighted by Crippen LogP contribution is -2.21. The van der Waals surface area contributed by atoms with Gasteiger partial charge in [0.25, 0.3) is 0 Å². The predicted octanol–water partition coefficient (Wildman–Crippen LogP) is 3.28. The first-order valence-corrected chi connectivity index (χ1v) is 4.53. The lowest BCUT2D eigenvalue weighted by atomic mass is 9.75. The van der Waals surface area contributed by atoms with E-state index in [4.69, 9.17) is 0 Å². The molecule has 1 aliphatic carbocycles. The van der Waals surface area contributed by atoms with Crippen molar-refractivity contribution in [1.29, 1.82) is 0 Å². The average molecular weight is 139 g/mol. The number of rotatable bonds is 1. The van der Waals surface area contributed by atoms with E-state index in [0.29, 0.717) is 0 Å². The maximum absolute atomic E-state index is 2.45. The average Bonchev–Trinajstić information content (AvgIpc) is 1.88. The third-order valence-electron chi connectivity index (χ3n) is 2.83. The van der Waals surface area contributed by atoms with E-state index in [1.54, 1.807) is 0 Å². The van der Waals surface area contributed by atoms with Gasteiger partial charge in [0.05, 0.1) is 0 Å². The molecule has 2 atom stereocenters. The molecule has 59 valence electrons. The molecule has 1 radical (unpaired) electrons. The van der Waals surface area contributed by atoms with Crippen LogP contribution >= 0.6 is 0 Å². The molecule has 1 fully saturated rings. The van der Waals surface area contributed by atoms with Gasteiger partial charge in [-0.3, -0.25) is 0 Å². The van der Waals surface area contributed by atoms with E-state index in [1.807, 2.05) is 0 Å². The maximum Gasteiger partial charge on any atom is -0.0365 e. The van der Waals surface area contributed by atoms with Crippen molar-refractivity contribution in [1.82, 2.24) is 0 Å². The standard InChI is InChI=1S/C10H19/c1-8(2)10-7-5-4-6-9(10)3/h4,8-10H,5-7H2,1-3H3. The van der Waals surface area contributed by atoms with Gasteiger partial charge in [-0.05, 0) is 43.4 Å². The fourth-order valence-corrected chi connectivity index (χ4v) is 2.14. The molecule has 0 heterocycles. The van der Waals surface area contributed by atoms with Gasteiger partial charge >= 0.3 is 0 Å². The van der Waals surface area contributed by atoms with E-state index >= 15 is 0 Å². The van der Waals surface area contributed by atoms with Gasteiger partial charge in [0.2, 0.25) is 0 Å². The Morgan fingerprint density at radius 1 is 1.40 bits per heavy atom. The van der Waals surface area contributed by atoms with Crippen molar-refractivity contribution >= 4 is 0 Å². The molecule has 1 rings (SSSR count). The molecular formula is C10H19. The Kier molecular flexibility index (Phi) is 2.76. The molecule has 1 saturated carbocycles. The van der Waals surface area contributed by atoms with Gasteiger partial charge in [-0.1, -0.05) is 20.8 Å². The zero-order valence-corrected chi connectivity index (χ0v) is 7.43. The van der Waals surface area contributed by atoms with E-state index in [9.17, 15) is 0 Å². The summed E-state index contributed by atoms with van der Waals surface area (Å²) in [6.07, 6.45) is 6.58. The van der Waals surface area contributed by atoms with Crippen molar-refractivity contribution in [3.05, 3.63) is 6.42 Å². The Bertz CT molecular complexity index is 94.2. The Labute approximate surface area is 65.0 Å². The van der Waals surface area contributed by atoms with Crippen LogP contribution in [0.2, 0.25) is 0 Å². The quantitative estimate of drug-likeness (QED) is 0.523. The summed E-state index contributed by atoms with van der Waals surface area (Å²) in [5.41, 5.74) is 0. The topological polar surface area (TPSA) is 0 Å². The van der Waals surface area contributed by atoms with Crippen LogP contribution < -0.4 is 0 Å². The molecule has 0 aromatic heterocycles. The maximum atomic E-state index is 2.45. The van der Waals surface area contributed by atoms with Crippen molar-refractivity contribution in [2.45, 2.75) is 40.0 Å². The predicted molar refractivity (Wildman–Crippen MR) is 45.6 cm³/mol. The molecule has 0 nitrogen and oxygen atoms in total. The van der Waals surface area contributed by atoms with Crippen LogP contribution in [-0.2, 0) is 0 Å². The van der Waals surface area contributed by atoms with Crippen LogP contribution in [0.15, 0.2) is 0 Å². The summed E-state index contributed by atoms with van der Waals surface area (Å²) in [7, 11) is 0. The molecule has 0 bridgehead atoms. The second-order valence-corrected chi connectivity index (χ2v) is 3.99. The van der Waals surface area contributed by atoms with Crippen molar-refractivity contribution in [3.63, 3.8) is 0 Å². The van der Waals surface area contributed by atoms with Gasteiger partial charge in [-0.25, -0.2) is 0 Å². The second kappa shape index (κ2) is 3.41. The van der Waals surface area contributed by atoms with E-state index in [2.05, 4.69) is 27.2 Å². The Morgan fingerprint density at radius 2 is 2.10 bits per heavy atom. The highest BCUT2D eigenvalue weighted by atomic mass is 14.3. The van der Waals surface area contributed by atoms with Gasteiger partial charge in [-0.15, -0.1) is 0 Å². The largest absolute Gasteiger partial charge is 0.0625 e. The van der Waals surface area contributed by atoms with Gasteiger partial charge < -0.3 is 0 Å². The summed E-state index contributed by atoms with van der Waals surface area (Å²) in [5, 5.41) is 0. The Morgan fingerprint density at radius 3 is 2.50 bits per heavy atom. The monoisotopic (exact) mass is 139 g/mol. The van der Waals surface area contributed by atoms with Crippen LogP contribution in [0, 0.1) is 24.2 Å². The molecule has 1 aliphatic rings. The highest BCUT2D eigenvalue weighted by Crippen LogP contribution is 2.33. The van der Waals surface area contributed by atoms with E-state index in [1.165, 1.54) is 19.3 Å². The summed E-state index contributed by atoms with van der Waals surface area (Å²) in [6, 6.07) is 0. The molecule has 0 saturated heterocycles. The van der Waals surface area contributed by atoms with E-state index in [-0.39, 0.29) is 0 Å². The van der Waals surface area contributed by atoms with E-state index < -0.39 is 0 Å². The lowest BCUT2D eigenvalue weighted by Gasteiger charge is -2.31. The lowest BCUT2D eigenvalue weighted by molar-refractivity contribution is 0.223.